The largest absolute Gasteiger partial charge is 0.310 e. The number of nitrogens with one attached hydrogen (secondary N) is 3. The minimum Gasteiger partial charge on any atom is -0.310 e. The lowest BCUT2D eigenvalue weighted by Gasteiger charge is -2.17. The molecule has 0 saturated heterocycles. The molecular formula is C19H27N3O2S. The lowest BCUT2D eigenvalue weighted by atomic mass is 10.1. The van der Waals surface area contributed by atoms with Crippen LogP contribution in [0, 0.1) is 5.92 Å². The summed E-state index contributed by atoms with van der Waals surface area (Å²) in [6.45, 7) is 7.82. The second-order valence-corrected chi connectivity index (χ2v) is 8.18. The van der Waals surface area contributed by atoms with Crippen LogP contribution in [0.5, 0.6) is 0 Å². The summed E-state index contributed by atoms with van der Waals surface area (Å²) in [7, 11) is -3.54. The fourth-order valence-corrected chi connectivity index (χ4v) is 3.08. The van der Waals surface area contributed by atoms with Crippen molar-refractivity contribution >= 4 is 10.0 Å². The molecule has 0 saturated carbocycles. The van der Waals surface area contributed by atoms with Gasteiger partial charge in [-0.25, -0.2) is 13.8 Å². The Morgan fingerprint density at radius 2 is 1.40 bits per heavy atom. The zero-order valence-electron chi connectivity index (χ0n) is 15.0. The molecule has 2 aromatic carbocycles. The SMILES string of the molecule is CC(C)C(C)NCc1ccc(CNNS(=O)(=O)c2ccccc2)cc1. The third-order valence-corrected chi connectivity index (χ3v) is 5.51. The van der Waals surface area contributed by atoms with Crippen LogP contribution < -0.4 is 15.6 Å². The Labute approximate surface area is 150 Å². The van der Waals surface area contributed by atoms with Crippen LogP contribution in [-0.4, -0.2) is 14.5 Å². The molecule has 1 atom stereocenters. The molecule has 6 heteroatoms. The maximum absolute atomic E-state index is 12.1. The Hall–Kier alpha value is -1.73. The van der Waals surface area contributed by atoms with Crippen molar-refractivity contribution in [2.45, 2.75) is 44.8 Å². The van der Waals surface area contributed by atoms with Crippen LogP contribution in [0.15, 0.2) is 59.5 Å². The van der Waals surface area contributed by atoms with Gasteiger partial charge in [-0.15, -0.1) is 4.83 Å². The van der Waals surface area contributed by atoms with Gasteiger partial charge in [0.15, 0.2) is 0 Å². The lowest BCUT2D eigenvalue weighted by Crippen LogP contribution is -2.36. The first kappa shape index (κ1) is 19.6. The van der Waals surface area contributed by atoms with Crippen molar-refractivity contribution in [3.63, 3.8) is 0 Å². The van der Waals surface area contributed by atoms with Gasteiger partial charge in [-0.05, 0) is 36.1 Å². The molecule has 0 aromatic heterocycles. The molecule has 2 aromatic rings. The number of rotatable bonds is 9. The maximum Gasteiger partial charge on any atom is 0.253 e. The highest BCUT2D eigenvalue weighted by molar-refractivity contribution is 7.89. The average Bonchev–Trinajstić information content (AvgIpc) is 2.61. The van der Waals surface area contributed by atoms with Gasteiger partial charge < -0.3 is 5.32 Å². The first-order valence-corrected chi connectivity index (χ1v) is 9.98. The van der Waals surface area contributed by atoms with E-state index in [1.807, 2.05) is 12.1 Å². The molecule has 0 aliphatic heterocycles. The molecular weight excluding hydrogens is 334 g/mol. The Bertz CT molecular complexity index is 744. The van der Waals surface area contributed by atoms with Crippen molar-refractivity contribution in [2.75, 3.05) is 0 Å². The Morgan fingerprint density at radius 1 is 0.840 bits per heavy atom. The van der Waals surface area contributed by atoms with Gasteiger partial charge >= 0.3 is 0 Å². The standard InChI is InChI=1S/C19H27N3O2S/c1-15(2)16(3)20-13-17-9-11-18(12-10-17)14-21-22-25(23,24)19-7-5-4-6-8-19/h4-12,15-16,20-22H,13-14H2,1-3H3. The lowest BCUT2D eigenvalue weighted by molar-refractivity contribution is 0.426. The van der Waals surface area contributed by atoms with Gasteiger partial charge in [0, 0.05) is 19.1 Å². The van der Waals surface area contributed by atoms with E-state index in [1.54, 1.807) is 30.3 Å². The molecule has 5 nitrogen and oxygen atoms in total. The summed E-state index contributed by atoms with van der Waals surface area (Å²) in [6.07, 6.45) is 0. The monoisotopic (exact) mass is 361 g/mol. The Morgan fingerprint density at radius 3 is 1.96 bits per heavy atom. The van der Waals surface area contributed by atoms with E-state index in [2.05, 4.69) is 48.5 Å². The molecule has 0 fully saturated rings. The topological polar surface area (TPSA) is 70.2 Å². The highest BCUT2D eigenvalue weighted by Crippen LogP contribution is 2.08. The van der Waals surface area contributed by atoms with Crippen LogP contribution in [0.4, 0.5) is 0 Å². The van der Waals surface area contributed by atoms with E-state index in [0.29, 0.717) is 18.5 Å². The summed E-state index contributed by atoms with van der Waals surface area (Å²) in [6, 6.07) is 16.9. The first-order chi connectivity index (χ1) is 11.9. The zero-order chi connectivity index (χ0) is 18.3. The van der Waals surface area contributed by atoms with Crippen molar-refractivity contribution in [3.8, 4) is 0 Å². The van der Waals surface area contributed by atoms with Crippen molar-refractivity contribution in [3.05, 3.63) is 65.7 Å². The van der Waals surface area contributed by atoms with Gasteiger partial charge in [0.2, 0.25) is 0 Å². The van der Waals surface area contributed by atoms with Crippen LogP contribution in [0.25, 0.3) is 0 Å². The number of benzene rings is 2. The van der Waals surface area contributed by atoms with E-state index in [0.717, 1.165) is 12.1 Å². The van der Waals surface area contributed by atoms with Gasteiger partial charge in [-0.2, -0.15) is 0 Å². The van der Waals surface area contributed by atoms with Crippen LogP contribution in [-0.2, 0) is 23.1 Å². The summed E-state index contributed by atoms with van der Waals surface area (Å²) < 4.78 is 24.2. The minimum absolute atomic E-state index is 0.239. The smallest absolute Gasteiger partial charge is 0.253 e. The zero-order valence-corrected chi connectivity index (χ0v) is 15.8. The molecule has 2 rings (SSSR count). The summed E-state index contributed by atoms with van der Waals surface area (Å²) in [4.78, 5) is 2.64. The van der Waals surface area contributed by atoms with E-state index >= 15 is 0 Å². The van der Waals surface area contributed by atoms with E-state index in [-0.39, 0.29) is 4.90 Å². The summed E-state index contributed by atoms with van der Waals surface area (Å²) in [5.74, 6) is 0.598. The predicted octanol–water partition coefficient (Wildman–Crippen LogP) is 2.80. The molecule has 0 bridgehead atoms. The van der Waals surface area contributed by atoms with Gasteiger partial charge in [0.1, 0.15) is 0 Å². The van der Waals surface area contributed by atoms with Gasteiger partial charge in [-0.3, -0.25) is 0 Å². The Kier molecular flexibility index (Phi) is 7.13. The molecule has 25 heavy (non-hydrogen) atoms. The van der Waals surface area contributed by atoms with Gasteiger partial charge in [0.05, 0.1) is 4.90 Å². The Balaban J connectivity index is 1.82. The fourth-order valence-electron chi connectivity index (χ4n) is 2.18. The maximum atomic E-state index is 12.1. The van der Waals surface area contributed by atoms with Crippen LogP contribution >= 0.6 is 0 Å². The molecule has 0 aliphatic carbocycles. The highest BCUT2D eigenvalue weighted by atomic mass is 32.2. The normalized spacial score (nSPS) is 13.1. The van der Waals surface area contributed by atoms with Crippen molar-refractivity contribution in [2.24, 2.45) is 5.92 Å². The van der Waals surface area contributed by atoms with Crippen molar-refractivity contribution in [1.29, 1.82) is 0 Å². The number of hydrogen-bond donors (Lipinski definition) is 3. The van der Waals surface area contributed by atoms with Crippen molar-refractivity contribution in [1.82, 2.24) is 15.6 Å². The highest BCUT2D eigenvalue weighted by Gasteiger charge is 2.12. The van der Waals surface area contributed by atoms with E-state index in [1.165, 1.54) is 5.56 Å². The third kappa shape index (κ3) is 6.25. The number of sulfonamides is 1. The van der Waals surface area contributed by atoms with Crippen molar-refractivity contribution < 1.29 is 8.42 Å². The molecule has 0 heterocycles. The third-order valence-electron chi connectivity index (χ3n) is 4.20. The fraction of sp³-hybridized carbons (Fsp3) is 0.368. The molecule has 136 valence electrons. The quantitative estimate of drug-likeness (QED) is 0.601. The number of hydrazine groups is 1. The minimum atomic E-state index is -3.54. The predicted molar refractivity (Wildman–Crippen MR) is 101 cm³/mol. The molecule has 0 amide bonds. The van der Waals surface area contributed by atoms with Crippen LogP contribution in [0.2, 0.25) is 0 Å². The molecule has 1 unspecified atom stereocenters. The summed E-state index contributed by atoms with van der Waals surface area (Å²) in [5, 5.41) is 3.49. The average molecular weight is 362 g/mol. The molecule has 3 N–H and O–H groups in total. The van der Waals surface area contributed by atoms with Gasteiger partial charge in [-0.1, -0.05) is 56.3 Å². The summed E-state index contributed by atoms with van der Waals surface area (Å²) >= 11 is 0. The van der Waals surface area contributed by atoms with Crippen LogP contribution in [0.3, 0.4) is 0 Å². The molecule has 0 spiro atoms. The van der Waals surface area contributed by atoms with Crippen LogP contribution in [0.1, 0.15) is 31.9 Å². The second kappa shape index (κ2) is 9.10. The van der Waals surface area contributed by atoms with E-state index < -0.39 is 10.0 Å². The van der Waals surface area contributed by atoms with Gasteiger partial charge in [0.25, 0.3) is 10.0 Å². The molecule has 0 radical (unpaired) electrons. The van der Waals surface area contributed by atoms with E-state index in [9.17, 15) is 8.42 Å². The first-order valence-electron chi connectivity index (χ1n) is 8.49. The van der Waals surface area contributed by atoms with E-state index in [4.69, 9.17) is 0 Å². The second-order valence-electron chi connectivity index (χ2n) is 6.50. The number of hydrogen-bond acceptors (Lipinski definition) is 4. The molecule has 0 aliphatic rings. The summed E-state index contributed by atoms with van der Waals surface area (Å²) in [5.41, 5.74) is 4.99.